The molecule has 8 heteroatoms. The Hall–Kier alpha value is -1.48. The molecule has 1 aromatic heterocycles. The predicted octanol–water partition coefficient (Wildman–Crippen LogP) is 3.85. The monoisotopic (exact) mass is 435 g/mol. The Bertz CT molecular complexity index is 774. The minimum atomic E-state index is -2.00. The topological polar surface area (TPSA) is 72.9 Å². The Kier molecular flexibility index (Phi) is 6.91. The fourth-order valence-corrected chi connectivity index (χ4v) is 5.09. The quantitative estimate of drug-likeness (QED) is 0.518. The summed E-state index contributed by atoms with van der Waals surface area (Å²) < 4.78 is 17.4. The van der Waals surface area contributed by atoms with Gasteiger partial charge in [0.25, 0.3) is 5.91 Å². The van der Waals surface area contributed by atoms with E-state index in [1.54, 1.807) is 14.2 Å². The zero-order chi connectivity index (χ0) is 22.1. The maximum absolute atomic E-state index is 13.2. The van der Waals surface area contributed by atoms with Gasteiger partial charge in [0.05, 0.1) is 0 Å². The summed E-state index contributed by atoms with van der Waals surface area (Å²) in [6.07, 6.45) is 1.89. The molecule has 0 spiro atoms. The second-order valence-electron chi connectivity index (χ2n) is 9.79. The Morgan fingerprint density at radius 2 is 2.00 bits per heavy atom. The minimum Gasteiger partial charge on any atom is -0.405 e. The molecule has 1 saturated heterocycles. The van der Waals surface area contributed by atoms with Crippen molar-refractivity contribution in [1.29, 1.82) is 0 Å². The van der Waals surface area contributed by atoms with E-state index in [2.05, 4.69) is 45.2 Å². The number of hydrogen-bond donors (Lipinski definition) is 1. The molecule has 7 nitrogen and oxygen atoms in total. The summed E-state index contributed by atoms with van der Waals surface area (Å²) in [5, 5.41) is 3.44. The van der Waals surface area contributed by atoms with E-state index in [-0.39, 0.29) is 17.0 Å². The predicted molar refractivity (Wildman–Crippen MR) is 120 cm³/mol. The number of ether oxygens (including phenoxy) is 2. The summed E-state index contributed by atoms with van der Waals surface area (Å²) in [4.78, 5) is 19.9. The van der Waals surface area contributed by atoms with Crippen LogP contribution in [0.25, 0.3) is 0 Å². The van der Waals surface area contributed by atoms with Gasteiger partial charge in [0, 0.05) is 33.9 Å². The average molecular weight is 436 g/mol. The third-order valence-electron chi connectivity index (χ3n) is 6.63. The Labute approximate surface area is 181 Å². The first-order chi connectivity index (χ1) is 14.1. The number of fused-ring (bicyclic) bond motifs is 1. The first-order valence-corrected chi connectivity index (χ1v) is 13.8. The molecule has 2 aliphatic heterocycles. The normalized spacial score (nSPS) is 19.9. The maximum atomic E-state index is 13.2. The van der Waals surface area contributed by atoms with Crippen molar-refractivity contribution in [3.8, 4) is 0 Å². The van der Waals surface area contributed by atoms with Gasteiger partial charge in [-0.05, 0) is 54.6 Å². The molecule has 1 aromatic rings. The number of carbonyl (C=O) groups excluding carboxylic acids is 1. The van der Waals surface area contributed by atoms with E-state index in [1.165, 1.54) is 5.56 Å². The molecule has 0 aromatic carbocycles. The summed E-state index contributed by atoms with van der Waals surface area (Å²) in [7, 11) is 1.21. The van der Waals surface area contributed by atoms with Crippen molar-refractivity contribution in [1.82, 2.24) is 9.88 Å². The molecule has 30 heavy (non-hydrogen) atoms. The average Bonchev–Trinajstić information content (AvgIpc) is 3.01. The second-order valence-corrected chi connectivity index (χ2v) is 14.5. The van der Waals surface area contributed by atoms with Crippen LogP contribution in [-0.4, -0.2) is 57.5 Å². The van der Waals surface area contributed by atoms with Crippen LogP contribution in [0, 0.1) is 0 Å². The van der Waals surface area contributed by atoms with E-state index in [0.717, 1.165) is 42.9 Å². The molecule has 0 saturated carbocycles. The summed E-state index contributed by atoms with van der Waals surface area (Å²) in [5.41, 5.74) is 2.90. The third-order valence-corrected chi connectivity index (χ3v) is 11.1. The van der Waals surface area contributed by atoms with Gasteiger partial charge in [-0.15, -0.1) is 0 Å². The fraction of sp³-hybridized carbons (Fsp3) is 0.727. The number of amides is 1. The van der Waals surface area contributed by atoms with Crippen molar-refractivity contribution in [3.05, 3.63) is 22.9 Å². The van der Waals surface area contributed by atoms with Crippen molar-refractivity contribution >= 4 is 20.0 Å². The second kappa shape index (κ2) is 8.94. The van der Waals surface area contributed by atoms with Crippen LogP contribution in [0.3, 0.4) is 0 Å². The van der Waals surface area contributed by atoms with Crippen molar-refractivity contribution < 1.29 is 18.7 Å². The summed E-state index contributed by atoms with van der Waals surface area (Å²) in [5.74, 6) is 0.971. The van der Waals surface area contributed by atoms with Crippen molar-refractivity contribution in [2.75, 3.05) is 32.6 Å². The number of methoxy groups -OCH3 is 2. The number of nitrogens with one attached hydrogen (secondary N) is 1. The third kappa shape index (κ3) is 4.71. The van der Waals surface area contributed by atoms with Crippen LogP contribution < -0.4 is 5.32 Å². The zero-order valence-electron chi connectivity index (χ0n) is 19.5. The molecule has 0 radical (unpaired) electrons. The number of rotatable bonds is 7. The minimum absolute atomic E-state index is 0.0768. The standard InChI is InChI=1S/C22H37N3O4Si/c1-22(2,3)30(6,7)29-17-10-12-25(20(17)26)14-16-13-15-9-8-11-23-19(15)24-18(16)21(27-4)28-5/h13,17,21H,8-12,14H2,1-7H3,(H,23,24)/t17-/m0/s1. The Morgan fingerprint density at radius 3 is 2.63 bits per heavy atom. The number of aromatic nitrogens is 1. The molecule has 0 unspecified atom stereocenters. The SMILES string of the molecule is COC(OC)c1nc2c(cc1CN1CC[C@H](O[Si](C)(C)C(C)(C)C)C1=O)CCCN2. The van der Waals surface area contributed by atoms with Gasteiger partial charge in [0.1, 0.15) is 17.6 Å². The summed E-state index contributed by atoms with van der Waals surface area (Å²) in [6.45, 7) is 13.1. The van der Waals surface area contributed by atoms with Crippen molar-refractivity contribution in [2.24, 2.45) is 0 Å². The molecule has 1 fully saturated rings. The number of pyridine rings is 1. The number of anilines is 1. The van der Waals surface area contributed by atoms with E-state index < -0.39 is 14.6 Å². The summed E-state index contributed by atoms with van der Waals surface area (Å²) in [6, 6.07) is 2.16. The zero-order valence-corrected chi connectivity index (χ0v) is 20.5. The van der Waals surface area contributed by atoms with E-state index >= 15 is 0 Å². The number of likely N-dealkylation sites (tertiary alicyclic amines) is 1. The molecule has 2 aliphatic rings. The smallest absolute Gasteiger partial charge is 0.250 e. The molecule has 3 rings (SSSR count). The molecule has 0 bridgehead atoms. The lowest BCUT2D eigenvalue weighted by Crippen LogP contribution is -2.46. The van der Waals surface area contributed by atoms with Crippen molar-refractivity contribution in [3.63, 3.8) is 0 Å². The lowest BCUT2D eigenvalue weighted by Gasteiger charge is -2.37. The van der Waals surface area contributed by atoms with Crippen LogP contribution in [0.5, 0.6) is 0 Å². The van der Waals surface area contributed by atoms with E-state index in [4.69, 9.17) is 18.9 Å². The molecule has 168 valence electrons. The number of aryl methyl sites for hydroxylation is 1. The van der Waals surface area contributed by atoms with Crippen LogP contribution in [0.1, 0.15) is 56.7 Å². The lowest BCUT2D eigenvalue weighted by atomic mass is 10.0. The number of nitrogens with zero attached hydrogens (tertiary/aromatic N) is 2. The fourth-order valence-electron chi connectivity index (χ4n) is 3.81. The van der Waals surface area contributed by atoms with Gasteiger partial charge in [0.15, 0.2) is 8.32 Å². The van der Waals surface area contributed by atoms with Crippen LogP contribution in [0.4, 0.5) is 5.82 Å². The molecule has 1 amide bonds. The van der Waals surface area contributed by atoms with Gasteiger partial charge in [0.2, 0.25) is 6.29 Å². The molecule has 1 N–H and O–H groups in total. The first-order valence-electron chi connectivity index (χ1n) is 10.9. The van der Waals surface area contributed by atoms with Crippen molar-refractivity contribution in [2.45, 2.75) is 77.1 Å². The number of hydrogen-bond acceptors (Lipinski definition) is 6. The van der Waals surface area contributed by atoms with E-state index in [1.807, 2.05) is 4.90 Å². The van der Waals surface area contributed by atoms with Crippen LogP contribution in [0.2, 0.25) is 18.1 Å². The highest BCUT2D eigenvalue weighted by atomic mass is 28.4. The van der Waals surface area contributed by atoms with Gasteiger partial charge >= 0.3 is 0 Å². The van der Waals surface area contributed by atoms with Gasteiger partial charge in [-0.25, -0.2) is 4.98 Å². The highest BCUT2D eigenvalue weighted by Gasteiger charge is 2.43. The molecular weight excluding hydrogens is 398 g/mol. The number of carbonyl (C=O) groups is 1. The Morgan fingerprint density at radius 1 is 1.30 bits per heavy atom. The first kappa shape index (κ1) is 23.2. The Balaban J connectivity index is 1.81. The molecular formula is C22H37N3O4Si. The molecule has 0 aliphatic carbocycles. The molecule has 1 atom stereocenters. The van der Waals surface area contributed by atoms with Gasteiger partial charge in [-0.1, -0.05) is 20.8 Å². The van der Waals surface area contributed by atoms with Crippen LogP contribution >= 0.6 is 0 Å². The highest BCUT2D eigenvalue weighted by Crippen LogP contribution is 2.39. The van der Waals surface area contributed by atoms with Crippen LogP contribution in [-0.2, 0) is 31.7 Å². The lowest BCUT2D eigenvalue weighted by molar-refractivity contribution is -0.134. The molecule has 3 heterocycles. The van der Waals surface area contributed by atoms with Gasteiger partial charge < -0.3 is 24.1 Å². The van der Waals surface area contributed by atoms with Gasteiger partial charge in [-0.3, -0.25) is 4.79 Å². The largest absolute Gasteiger partial charge is 0.405 e. The highest BCUT2D eigenvalue weighted by molar-refractivity contribution is 6.74. The maximum Gasteiger partial charge on any atom is 0.250 e. The van der Waals surface area contributed by atoms with E-state index in [9.17, 15) is 4.79 Å². The van der Waals surface area contributed by atoms with Gasteiger partial charge in [-0.2, -0.15) is 0 Å². The van der Waals surface area contributed by atoms with Crippen LogP contribution in [0.15, 0.2) is 6.07 Å². The van der Waals surface area contributed by atoms with E-state index in [0.29, 0.717) is 13.1 Å². The summed E-state index contributed by atoms with van der Waals surface area (Å²) >= 11 is 0.